The minimum atomic E-state index is -2.28. The van der Waals surface area contributed by atoms with Gasteiger partial charge in [0, 0.05) is 6.00 Å². The summed E-state index contributed by atoms with van der Waals surface area (Å²) in [5.74, 6) is 0. The summed E-state index contributed by atoms with van der Waals surface area (Å²) in [7, 11) is -0.0260. The van der Waals surface area contributed by atoms with E-state index in [0.717, 1.165) is 0 Å². The zero-order valence-corrected chi connectivity index (χ0v) is 27.6. The lowest BCUT2D eigenvalue weighted by molar-refractivity contribution is -0.0405. The first-order valence-corrected chi connectivity index (χ1v) is 21.2. The molecule has 1 aliphatic rings. The van der Waals surface area contributed by atoms with E-state index in [4.69, 9.17) is 25.9 Å². The van der Waals surface area contributed by atoms with Gasteiger partial charge in [0.1, 0.15) is 14.0 Å². The Labute approximate surface area is 214 Å². The molecule has 1 heterocycles. The summed E-state index contributed by atoms with van der Waals surface area (Å²) in [5.41, 5.74) is -1.15. The summed E-state index contributed by atoms with van der Waals surface area (Å²) in [6.07, 6.45) is 0.349. The van der Waals surface area contributed by atoms with Gasteiger partial charge in [0.25, 0.3) is 0 Å². The molecule has 1 N–H and O–H groups in total. The molecule has 0 aliphatic carbocycles. The molecule has 1 saturated heterocycles. The van der Waals surface area contributed by atoms with Crippen LogP contribution in [0.1, 0.15) is 62.3 Å². The maximum Gasteiger partial charge on any atom is 0.192 e. The molecule has 1 aliphatic heterocycles. The van der Waals surface area contributed by atoms with Gasteiger partial charge >= 0.3 is 0 Å². The van der Waals surface area contributed by atoms with Gasteiger partial charge in [-0.3, -0.25) is 0 Å². The van der Waals surface area contributed by atoms with Crippen LogP contribution in [0.4, 0.5) is 0 Å². The topological polar surface area (TPSA) is 69.5 Å². The number of hydrogen-bond acceptors (Lipinski definition) is 6. The fourth-order valence-electron chi connectivity index (χ4n) is 3.01. The van der Waals surface area contributed by atoms with Gasteiger partial charge in [-0.05, 0) is 54.4 Å². The van der Waals surface area contributed by atoms with Crippen molar-refractivity contribution in [1.29, 1.82) is 0 Å². The quantitative estimate of drug-likeness (QED) is 0.168. The molecule has 0 spiro atoms. The van der Waals surface area contributed by atoms with Gasteiger partial charge in [0.15, 0.2) is 30.6 Å². The molecule has 0 aromatic heterocycles. The third kappa shape index (κ3) is 6.86. The Bertz CT molecular complexity index is 726. The van der Waals surface area contributed by atoms with Crippen LogP contribution in [0.25, 0.3) is 0 Å². The summed E-state index contributed by atoms with van der Waals surface area (Å²) in [6.45, 7) is 33.2. The second-order valence-electron chi connectivity index (χ2n) is 14.5. The first-order valence-electron chi connectivity index (χ1n) is 12.5. The van der Waals surface area contributed by atoms with Crippen LogP contribution in [-0.4, -0.2) is 74.6 Å². The van der Waals surface area contributed by atoms with Gasteiger partial charge in [-0.25, -0.2) is 0 Å². The summed E-state index contributed by atoms with van der Waals surface area (Å²) in [5, 5.41) is 13.1. The SMILES string of the molecule is [B][C@@H]1O[C@](/C=N/O)(CO[Si](C)(C)C(C)(C)C)[C@@H](O[Si](C)(C)C(C)(C)C)[C@H]1O[Si](C)(C)C(C)(C)C. The zero-order chi connectivity index (χ0) is 27.2. The molecule has 6 nitrogen and oxygen atoms in total. The fraction of sp³-hybridized carbons (Fsp3) is 0.958. The summed E-state index contributed by atoms with van der Waals surface area (Å²) in [6, 6.07) is -0.732. The molecule has 4 atom stereocenters. The highest BCUT2D eigenvalue weighted by molar-refractivity contribution is 6.75. The van der Waals surface area contributed by atoms with E-state index in [1.165, 1.54) is 6.21 Å². The first-order chi connectivity index (χ1) is 14.8. The van der Waals surface area contributed by atoms with Crippen LogP contribution in [0.3, 0.4) is 0 Å². The summed E-state index contributed by atoms with van der Waals surface area (Å²) < 4.78 is 26.8. The van der Waals surface area contributed by atoms with Crippen molar-refractivity contribution >= 4 is 39.0 Å². The van der Waals surface area contributed by atoms with Gasteiger partial charge in [0.05, 0.1) is 18.9 Å². The highest BCUT2D eigenvalue weighted by Gasteiger charge is 2.59. The van der Waals surface area contributed by atoms with Gasteiger partial charge < -0.3 is 23.2 Å². The number of ether oxygens (including phenoxy) is 1. The minimum absolute atomic E-state index is 0.0117. The molecule has 0 bridgehead atoms. The Balaban J connectivity index is 3.57. The van der Waals surface area contributed by atoms with Crippen molar-refractivity contribution in [1.82, 2.24) is 0 Å². The molecule has 0 saturated carbocycles. The fourth-order valence-corrected chi connectivity index (χ4v) is 6.64. The van der Waals surface area contributed by atoms with E-state index in [-0.39, 0.29) is 21.7 Å². The van der Waals surface area contributed by atoms with Crippen molar-refractivity contribution in [3.63, 3.8) is 0 Å². The van der Waals surface area contributed by atoms with Crippen LogP contribution in [0.5, 0.6) is 0 Å². The molecule has 0 unspecified atom stereocenters. The Hall–Kier alpha value is 0.0256. The largest absolute Gasteiger partial charge is 0.413 e. The molecule has 0 aromatic rings. The molecule has 198 valence electrons. The third-order valence-corrected chi connectivity index (χ3v) is 22.1. The smallest absolute Gasteiger partial charge is 0.192 e. The lowest BCUT2D eigenvalue weighted by Gasteiger charge is -2.46. The maximum atomic E-state index is 9.72. The van der Waals surface area contributed by atoms with Gasteiger partial charge in [0.2, 0.25) is 0 Å². The predicted octanol–water partition coefficient (Wildman–Crippen LogP) is 6.51. The lowest BCUT2D eigenvalue weighted by Crippen LogP contribution is -2.59. The number of hydrogen-bond donors (Lipinski definition) is 1. The minimum Gasteiger partial charge on any atom is -0.413 e. The number of rotatable bonds is 8. The number of oxime groups is 1. The molecule has 0 amide bonds. The normalized spacial score (nSPS) is 28.1. The van der Waals surface area contributed by atoms with Gasteiger partial charge in [-0.1, -0.05) is 67.5 Å². The zero-order valence-electron chi connectivity index (χ0n) is 24.6. The standard InChI is InChI=1S/C24H52BNO5Si3/c1-21(2,3)32(10,11)28-17-24(16-26-27)19(31-34(14,15)23(7,8)9)18(20(25)29-24)30-33(12,13)22(4,5)6/h16,18-20,27H,17H2,1-15H3/b26-16+/t18-,19+,20-,24-/m1/s1. The molecular formula is C24H52BNO5Si3. The van der Waals surface area contributed by atoms with Crippen molar-refractivity contribution in [2.45, 2.75) is 141 Å². The lowest BCUT2D eigenvalue weighted by atomic mass is 9.90. The second-order valence-corrected chi connectivity index (χ2v) is 28.8. The molecule has 2 radical (unpaired) electrons. The Morgan fingerprint density at radius 2 is 1.24 bits per heavy atom. The Morgan fingerprint density at radius 1 is 0.824 bits per heavy atom. The maximum absolute atomic E-state index is 9.72. The average molecular weight is 530 g/mol. The van der Waals surface area contributed by atoms with E-state index >= 15 is 0 Å². The third-order valence-electron chi connectivity index (χ3n) is 8.67. The van der Waals surface area contributed by atoms with Crippen LogP contribution in [0, 0.1) is 0 Å². The van der Waals surface area contributed by atoms with E-state index in [1.54, 1.807) is 0 Å². The number of nitrogens with zero attached hydrogens (tertiary/aromatic N) is 1. The predicted molar refractivity (Wildman–Crippen MR) is 151 cm³/mol. The highest BCUT2D eigenvalue weighted by Crippen LogP contribution is 2.46. The van der Waals surface area contributed by atoms with Crippen LogP contribution < -0.4 is 0 Å². The molecule has 10 heteroatoms. The molecule has 34 heavy (non-hydrogen) atoms. The average Bonchev–Trinajstić information content (AvgIpc) is 2.82. The monoisotopic (exact) mass is 529 g/mol. The van der Waals surface area contributed by atoms with Crippen LogP contribution in [0.15, 0.2) is 5.16 Å². The van der Waals surface area contributed by atoms with Crippen molar-refractivity contribution in [3.05, 3.63) is 0 Å². The first kappa shape index (κ1) is 32.1. The van der Waals surface area contributed by atoms with Crippen molar-refractivity contribution < 1.29 is 23.2 Å². The summed E-state index contributed by atoms with van der Waals surface area (Å²) >= 11 is 0. The van der Waals surface area contributed by atoms with Crippen molar-refractivity contribution in [3.8, 4) is 0 Å². The summed E-state index contributed by atoms with van der Waals surface area (Å²) in [4.78, 5) is 0. The molecule has 1 fully saturated rings. The van der Waals surface area contributed by atoms with Crippen molar-refractivity contribution in [2.75, 3.05) is 6.61 Å². The Morgan fingerprint density at radius 3 is 1.62 bits per heavy atom. The highest BCUT2D eigenvalue weighted by atomic mass is 28.4. The van der Waals surface area contributed by atoms with E-state index in [0.29, 0.717) is 0 Å². The second kappa shape index (κ2) is 10.1. The van der Waals surface area contributed by atoms with E-state index in [2.05, 4.69) is 107 Å². The van der Waals surface area contributed by atoms with Crippen molar-refractivity contribution in [2.24, 2.45) is 5.16 Å². The van der Waals surface area contributed by atoms with Gasteiger partial charge in [-0.15, -0.1) is 0 Å². The van der Waals surface area contributed by atoms with E-state index in [1.807, 2.05) is 0 Å². The van der Waals surface area contributed by atoms with Crippen LogP contribution >= 0.6 is 0 Å². The Kier molecular flexibility index (Phi) is 9.48. The van der Waals surface area contributed by atoms with Crippen LogP contribution in [0.2, 0.25) is 54.4 Å². The molecule has 1 rings (SSSR count). The van der Waals surface area contributed by atoms with E-state index in [9.17, 15) is 5.21 Å². The molecular weight excluding hydrogens is 477 g/mol. The van der Waals surface area contributed by atoms with Gasteiger partial charge in [-0.2, -0.15) is 0 Å². The van der Waals surface area contributed by atoms with Crippen LogP contribution in [-0.2, 0) is 18.0 Å². The van der Waals surface area contributed by atoms with E-state index < -0.39 is 48.8 Å². The molecule has 0 aromatic carbocycles.